The van der Waals surface area contributed by atoms with Crippen LogP contribution in [0.2, 0.25) is 0 Å². The number of hydrogen-bond acceptors (Lipinski definition) is 7. The molecule has 0 rings (SSSR count). The summed E-state index contributed by atoms with van der Waals surface area (Å²) in [6, 6.07) is 0. The second-order valence-corrected chi connectivity index (χ2v) is 23.9. The summed E-state index contributed by atoms with van der Waals surface area (Å²) in [6.45, 7) is 4.45. The number of allylic oxidation sites excluding steroid dienone is 4. The predicted octanol–water partition coefficient (Wildman–Crippen LogP) is 19.4. The van der Waals surface area contributed by atoms with E-state index in [0.29, 0.717) is 23.9 Å². The number of unbranched alkanes of at least 4 members (excludes halogenated alkanes) is 40. The van der Waals surface area contributed by atoms with Crippen molar-refractivity contribution in [2.75, 3.05) is 47.5 Å². The first-order chi connectivity index (χ1) is 35.0. The molecule has 426 valence electrons. The Hall–Kier alpha value is -1.51. The van der Waals surface area contributed by atoms with Crippen molar-refractivity contribution in [3.8, 4) is 0 Å². The van der Waals surface area contributed by atoms with Crippen LogP contribution < -0.4 is 0 Å². The van der Waals surface area contributed by atoms with Gasteiger partial charge in [0.05, 0.1) is 27.7 Å². The van der Waals surface area contributed by atoms with Crippen LogP contribution in [0.1, 0.15) is 309 Å². The van der Waals surface area contributed by atoms with Crippen LogP contribution in [0.4, 0.5) is 0 Å². The largest absolute Gasteiger partial charge is 0.472 e. The van der Waals surface area contributed by atoms with Crippen LogP contribution in [0.15, 0.2) is 24.3 Å². The van der Waals surface area contributed by atoms with Crippen molar-refractivity contribution in [3.63, 3.8) is 0 Å². The quantitative estimate of drug-likeness (QED) is 0.0211. The number of esters is 2. The Balaban J connectivity index is 4.00. The lowest BCUT2D eigenvalue weighted by Crippen LogP contribution is -2.37. The predicted molar refractivity (Wildman–Crippen MR) is 307 cm³/mol. The zero-order valence-electron chi connectivity index (χ0n) is 48.4. The summed E-state index contributed by atoms with van der Waals surface area (Å²) in [6.07, 6.45) is 65.6. The minimum atomic E-state index is -4.38. The number of phosphoric ester groups is 1. The maximum atomic E-state index is 12.8. The molecule has 0 amide bonds. The maximum Gasteiger partial charge on any atom is 0.472 e. The van der Waals surface area contributed by atoms with Crippen LogP contribution in [0.3, 0.4) is 0 Å². The van der Waals surface area contributed by atoms with E-state index in [9.17, 15) is 19.0 Å². The minimum absolute atomic E-state index is 0.0323. The molecule has 0 bridgehead atoms. The van der Waals surface area contributed by atoms with Crippen molar-refractivity contribution in [3.05, 3.63) is 24.3 Å². The molecular weight excluding hydrogens is 918 g/mol. The van der Waals surface area contributed by atoms with Gasteiger partial charge in [-0.15, -0.1) is 0 Å². The Labute approximate surface area is 447 Å². The fourth-order valence-corrected chi connectivity index (χ4v) is 9.91. The van der Waals surface area contributed by atoms with E-state index in [1.807, 2.05) is 21.1 Å². The number of rotatable bonds is 58. The van der Waals surface area contributed by atoms with Crippen molar-refractivity contribution in [1.29, 1.82) is 0 Å². The van der Waals surface area contributed by atoms with Gasteiger partial charge in [-0.05, 0) is 44.9 Å². The van der Waals surface area contributed by atoms with Crippen molar-refractivity contribution in [2.24, 2.45) is 0 Å². The van der Waals surface area contributed by atoms with Gasteiger partial charge in [-0.1, -0.05) is 276 Å². The van der Waals surface area contributed by atoms with E-state index in [4.69, 9.17) is 18.5 Å². The van der Waals surface area contributed by atoms with E-state index in [1.165, 1.54) is 225 Å². The Morgan fingerprint density at radius 2 is 0.750 bits per heavy atom. The molecule has 0 aliphatic carbocycles. The van der Waals surface area contributed by atoms with Crippen LogP contribution in [-0.4, -0.2) is 74.9 Å². The number of carbonyl (C=O) groups excluding carboxylic acids is 2. The monoisotopic (exact) mass is 1040 g/mol. The van der Waals surface area contributed by atoms with Gasteiger partial charge in [0.2, 0.25) is 0 Å². The van der Waals surface area contributed by atoms with Crippen molar-refractivity contribution >= 4 is 19.8 Å². The fourth-order valence-electron chi connectivity index (χ4n) is 9.17. The van der Waals surface area contributed by atoms with Crippen molar-refractivity contribution < 1.29 is 42.1 Å². The number of likely N-dealkylation sites (N-methyl/N-ethyl adjacent to an activating group) is 1. The molecule has 72 heavy (non-hydrogen) atoms. The minimum Gasteiger partial charge on any atom is -0.462 e. The summed E-state index contributed by atoms with van der Waals surface area (Å²) in [5, 5.41) is 0. The number of hydrogen-bond donors (Lipinski definition) is 1. The van der Waals surface area contributed by atoms with Crippen LogP contribution in [0, 0.1) is 0 Å². The molecule has 2 unspecified atom stereocenters. The van der Waals surface area contributed by atoms with Gasteiger partial charge in [0.1, 0.15) is 19.8 Å². The van der Waals surface area contributed by atoms with E-state index >= 15 is 0 Å². The molecule has 0 aromatic heterocycles. The van der Waals surface area contributed by atoms with E-state index < -0.39 is 26.5 Å². The normalized spacial score (nSPS) is 13.4. The molecular formula is C62H121NO8P+. The third kappa shape index (κ3) is 57.8. The maximum absolute atomic E-state index is 12.8. The Bertz CT molecular complexity index is 1270. The summed E-state index contributed by atoms with van der Waals surface area (Å²) in [5.41, 5.74) is 0. The first kappa shape index (κ1) is 70.5. The smallest absolute Gasteiger partial charge is 0.462 e. The van der Waals surface area contributed by atoms with Crippen LogP contribution in [0.25, 0.3) is 0 Å². The van der Waals surface area contributed by atoms with Gasteiger partial charge < -0.3 is 18.9 Å². The lowest BCUT2D eigenvalue weighted by molar-refractivity contribution is -0.870. The number of phosphoric acid groups is 1. The number of carbonyl (C=O) groups is 2. The average Bonchev–Trinajstić information content (AvgIpc) is 3.34. The third-order valence-electron chi connectivity index (χ3n) is 14.0. The zero-order valence-corrected chi connectivity index (χ0v) is 49.3. The van der Waals surface area contributed by atoms with Crippen molar-refractivity contribution in [1.82, 2.24) is 0 Å². The molecule has 0 saturated carbocycles. The van der Waals surface area contributed by atoms with E-state index in [-0.39, 0.29) is 25.6 Å². The summed E-state index contributed by atoms with van der Waals surface area (Å²) < 4.78 is 34.6. The summed E-state index contributed by atoms with van der Waals surface area (Å²) in [4.78, 5) is 35.7. The lowest BCUT2D eigenvalue weighted by atomic mass is 10.0. The number of quaternary nitrogens is 1. The number of ether oxygens (including phenoxy) is 2. The highest BCUT2D eigenvalue weighted by atomic mass is 31.2. The molecule has 0 saturated heterocycles. The Morgan fingerprint density at radius 1 is 0.431 bits per heavy atom. The molecule has 0 aromatic carbocycles. The van der Waals surface area contributed by atoms with Gasteiger partial charge in [-0.2, -0.15) is 0 Å². The van der Waals surface area contributed by atoms with E-state index in [0.717, 1.165) is 51.4 Å². The second kappa shape index (κ2) is 54.3. The fraction of sp³-hybridized carbons (Fsp3) is 0.903. The van der Waals surface area contributed by atoms with Crippen molar-refractivity contribution in [2.45, 2.75) is 315 Å². The molecule has 0 heterocycles. The molecule has 0 spiro atoms. The lowest BCUT2D eigenvalue weighted by Gasteiger charge is -2.24. The molecule has 1 N–H and O–H groups in total. The zero-order chi connectivity index (χ0) is 52.7. The van der Waals surface area contributed by atoms with Crippen LogP contribution >= 0.6 is 7.82 Å². The second-order valence-electron chi connectivity index (χ2n) is 22.5. The third-order valence-corrected chi connectivity index (χ3v) is 15.0. The topological polar surface area (TPSA) is 108 Å². The molecule has 0 radical (unpaired) electrons. The van der Waals surface area contributed by atoms with E-state index in [2.05, 4.69) is 38.2 Å². The van der Waals surface area contributed by atoms with Crippen LogP contribution in [-0.2, 0) is 32.7 Å². The SMILES string of the molecule is CCCCC/C=C\C/C=C\CCCCCCCCCC(=O)OC(COC(=O)CCCCCCCCCCCCCCCCCCCCCCCCCCCCCCCCC)COP(=O)(O)OCC[N+](C)(C)C. The van der Waals surface area contributed by atoms with E-state index in [1.54, 1.807) is 0 Å². The molecule has 0 aromatic rings. The average molecular weight is 1040 g/mol. The highest BCUT2D eigenvalue weighted by Gasteiger charge is 2.27. The molecule has 0 aliphatic heterocycles. The first-order valence-corrected chi connectivity index (χ1v) is 32.6. The summed E-state index contributed by atoms with van der Waals surface area (Å²) in [5.74, 6) is -0.790. The first-order valence-electron chi connectivity index (χ1n) is 31.1. The van der Waals surface area contributed by atoms with Gasteiger partial charge in [0.15, 0.2) is 6.10 Å². The molecule has 0 fully saturated rings. The highest BCUT2D eigenvalue weighted by Crippen LogP contribution is 2.43. The molecule has 9 nitrogen and oxygen atoms in total. The standard InChI is InChI=1S/C62H120NO8P/c1-6-8-10-12-14-16-18-20-22-24-25-26-27-28-29-30-31-32-33-34-35-36-37-39-40-42-44-46-48-50-52-54-61(64)68-58-60(59-70-72(66,67)69-57-56-63(3,4)5)71-62(65)55-53-51-49-47-45-43-41-38-23-21-19-17-15-13-11-9-7-2/h15,17,21,23,60H,6-14,16,18-20,22,24-59H2,1-5H3/p+1/b17-15-,23-21-. The Morgan fingerprint density at radius 3 is 1.12 bits per heavy atom. The summed E-state index contributed by atoms with van der Waals surface area (Å²) >= 11 is 0. The van der Waals surface area contributed by atoms with Gasteiger partial charge in [-0.3, -0.25) is 18.6 Å². The molecule has 2 atom stereocenters. The van der Waals surface area contributed by atoms with Gasteiger partial charge in [-0.25, -0.2) is 4.57 Å². The highest BCUT2D eigenvalue weighted by molar-refractivity contribution is 7.47. The Kier molecular flexibility index (Phi) is 53.1. The van der Waals surface area contributed by atoms with Gasteiger partial charge in [0, 0.05) is 12.8 Å². The molecule has 10 heteroatoms. The molecule has 0 aliphatic rings. The van der Waals surface area contributed by atoms with Crippen LogP contribution in [0.5, 0.6) is 0 Å². The summed E-state index contributed by atoms with van der Waals surface area (Å²) in [7, 11) is 1.49. The van der Waals surface area contributed by atoms with Gasteiger partial charge >= 0.3 is 19.8 Å². The number of nitrogens with zero attached hydrogens (tertiary/aromatic N) is 1. The van der Waals surface area contributed by atoms with Gasteiger partial charge in [0.25, 0.3) is 0 Å².